The summed E-state index contributed by atoms with van der Waals surface area (Å²) in [6.45, 7) is 1.45. The molecule has 130 valence electrons. The van der Waals surface area contributed by atoms with Crippen molar-refractivity contribution in [1.29, 1.82) is 0 Å². The topological polar surface area (TPSA) is 76.0 Å². The molecule has 2 aliphatic rings. The van der Waals surface area contributed by atoms with Crippen molar-refractivity contribution in [2.24, 2.45) is 11.1 Å². The smallest absolute Gasteiger partial charge is 0.278 e. The zero-order chi connectivity index (χ0) is 18.4. The molecule has 26 heavy (non-hydrogen) atoms. The van der Waals surface area contributed by atoms with Crippen molar-refractivity contribution in [3.63, 3.8) is 0 Å². The SMILES string of the molecule is CC(=O)c1ccc(N2C(=O)C3ON=C(c4ccccc4Cl)C3C2=O)cc1. The predicted molar refractivity (Wildman–Crippen MR) is 95.3 cm³/mol. The van der Waals surface area contributed by atoms with E-state index in [0.717, 1.165) is 4.90 Å². The quantitative estimate of drug-likeness (QED) is 0.616. The average Bonchev–Trinajstić information content (AvgIpc) is 3.16. The molecule has 2 aliphatic heterocycles. The molecule has 1 saturated heterocycles. The van der Waals surface area contributed by atoms with E-state index in [1.807, 2.05) is 0 Å². The molecular weight excluding hydrogens is 356 g/mol. The molecule has 2 unspecified atom stereocenters. The van der Waals surface area contributed by atoms with Crippen LogP contribution in [0.5, 0.6) is 0 Å². The molecule has 2 atom stereocenters. The van der Waals surface area contributed by atoms with E-state index in [9.17, 15) is 14.4 Å². The summed E-state index contributed by atoms with van der Waals surface area (Å²) in [6.07, 6.45) is -0.999. The molecule has 0 aromatic heterocycles. The Morgan fingerprint density at radius 1 is 1.08 bits per heavy atom. The first-order valence-electron chi connectivity index (χ1n) is 7.96. The van der Waals surface area contributed by atoms with Gasteiger partial charge in [-0.15, -0.1) is 0 Å². The van der Waals surface area contributed by atoms with Crippen molar-refractivity contribution in [3.8, 4) is 0 Å². The zero-order valence-electron chi connectivity index (χ0n) is 13.7. The first kappa shape index (κ1) is 16.5. The van der Waals surface area contributed by atoms with E-state index in [1.54, 1.807) is 48.5 Å². The van der Waals surface area contributed by atoms with Gasteiger partial charge < -0.3 is 4.84 Å². The number of Topliss-reactive ketones (excluding diaryl/α,β-unsaturated/α-hetero) is 1. The standard InChI is InChI=1S/C19H13ClN2O4/c1-10(23)11-6-8-12(9-7-11)22-18(24)15-16(21-26-17(15)19(22)25)13-4-2-3-5-14(13)20/h2-9,15,17H,1H3. The van der Waals surface area contributed by atoms with Gasteiger partial charge >= 0.3 is 0 Å². The van der Waals surface area contributed by atoms with E-state index in [0.29, 0.717) is 27.5 Å². The molecule has 2 amide bonds. The molecule has 2 aromatic rings. The Morgan fingerprint density at radius 2 is 1.77 bits per heavy atom. The number of nitrogens with zero attached hydrogens (tertiary/aromatic N) is 2. The van der Waals surface area contributed by atoms with E-state index in [2.05, 4.69) is 5.16 Å². The lowest BCUT2D eigenvalue weighted by molar-refractivity contribution is -0.126. The highest BCUT2D eigenvalue weighted by Gasteiger charge is 2.56. The number of ketones is 1. The maximum atomic E-state index is 12.9. The second-order valence-corrected chi connectivity index (χ2v) is 6.48. The van der Waals surface area contributed by atoms with Gasteiger partial charge in [-0.1, -0.05) is 35.0 Å². The van der Waals surface area contributed by atoms with Gasteiger partial charge in [-0.05, 0) is 37.3 Å². The number of benzene rings is 2. The summed E-state index contributed by atoms with van der Waals surface area (Å²) in [5.41, 5.74) is 1.81. The Labute approximate surface area is 154 Å². The van der Waals surface area contributed by atoms with Gasteiger partial charge in [0, 0.05) is 16.1 Å². The lowest BCUT2D eigenvalue weighted by Gasteiger charge is -2.15. The van der Waals surface area contributed by atoms with E-state index >= 15 is 0 Å². The molecule has 7 heteroatoms. The highest BCUT2D eigenvalue weighted by atomic mass is 35.5. The number of halogens is 1. The molecule has 1 fully saturated rings. The minimum absolute atomic E-state index is 0.0935. The van der Waals surface area contributed by atoms with E-state index in [4.69, 9.17) is 16.4 Å². The van der Waals surface area contributed by atoms with Crippen LogP contribution < -0.4 is 4.90 Å². The third kappa shape index (κ3) is 2.42. The van der Waals surface area contributed by atoms with Crippen LogP contribution in [0.1, 0.15) is 22.8 Å². The Bertz CT molecular complexity index is 968. The highest BCUT2D eigenvalue weighted by Crippen LogP contribution is 2.36. The largest absolute Gasteiger partial charge is 0.381 e. The van der Waals surface area contributed by atoms with Crippen LogP contribution in [0.3, 0.4) is 0 Å². The van der Waals surface area contributed by atoms with Crippen molar-refractivity contribution < 1.29 is 19.2 Å². The number of oxime groups is 1. The lowest BCUT2D eigenvalue weighted by atomic mass is 9.94. The second kappa shape index (κ2) is 6.07. The third-order valence-corrected chi connectivity index (χ3v) is 4.82. The third-order valence-electron chi connectivity index (χ3n) is 4.49. The number of hydrogen-bond donors (Lipinski definition) is 0. The van der Waals surface area contributed by atoms with Crippen LogP contribution in [-0.2, 0) is 14.4 Å². The summed E-state index contributed by atoms with van der Waals surface area (Å²) in [5.74, 6) is -1.84. The fraction of sp³-hybridized carbons (Fsp3) is 0.158. The molecule has 0 bridgehead atoms. The number of hydrogen-bond acceptors (Lipinski definition) is 5. The van der Waals surface area contributed by atoms with Gasteiger partial charge in [-0.25, -0.2) is 4.90 Å². The van der Waals surface area contributed by atoms with Gasteiger partial charge in [0.05, 0.1) is 5.69 Å². The van der Waals surface area contributed by atoms with Crippen LogP contribution in [0.2, 0.25) is 5.02 Å². The monoisotopic (exact) mass is 368 g/mol. The van der Waals surface area contributed by atoms with Crippen LogP contribution in [0, 0.1) is 5.92 Å². The van der Waals surface area contributed by atoms with Crippen molar-refractivity contribution in [2.45, 2.75) is 13.0 Å². The highest BCUT2D eigenvalue weighted by molar-refractivity contribution is 6.38. The minimum Gasteiger partial charge on any atom is -0.381 e. The molecule has 0 N–H and O–H groups in total. The number of rotatable bonds is 3. The number of anilines is 1. The summed E-state index contributed by atoms with van der Waals surface area (Å²) in [7, 11) is 0. The Balaban J connectivity index is 1.69. The Hall–Kier alpha value is -2.99. The fourth-order valence-corrected chi connectivity index (χ4v) is 3.40. The maximum absolute atomic E-state index is 12.9. The lowest BCUT2D eigenvalue weighted by Crippen LogP contribution is -2.33. The normalized spacial score (nSPS) is 21.5. The van der Waals surface area contributed by atoms with Gasteiger partial charge in [0.2, 0.25) is 12.0 Å². The summed E-state index contributed by atoms with van der Waals surface area (Å²) < 4.78 is 0. The van der Waals surface area contributed by atoms with E-state index in [-0.39, 0.29) is 5.78 Å². The Kier molecular flexibility index (Phi) is 3.85. The number of amides is 2. The first-order valence-corrected chi connectivity index (χ1v) is 8.34. The maximum Gasteiger partial charge on any atom is 0.278 e. The number of carbonyl (C=O) groups is 3. The van der Waals surface area contributed by atoms with Crippen LogP contribution in [-0.4, -0.2) is 29.4 Å². The number of carbonyl (C=O) groups excluding carboxylic acids is 3. The average molecular weight is 369 g/mol. The molecule has 0 spiro atoms. The minimum atomic E-state index is -0.999. The van der Waals surface area contributed by atoms with Gasteiger partial charge in [-0.3, -0.25) is 14.4 Å². The van der Waals surface area contributed by atoms with Crippen molar-refractivity contribution in [3.05, 3.63) is 64.7 Å². The van der Waals surface area contributed by atoms with Crippen LogP contribution in [0.15, 0.2) is 53.7 Å². The molecule has 6 nitrogen and oxygen atoms in total. The first-order chi connectivity index (χ1) is 12.5. The van der Waals surface area contributed by atoms with Crippen molar-refractivity contribution >= 4 is 40.6 Å². The fourth-order valence-electron chi connectivity index (χ4n) is 3.17. The van der Waals surface area contributed by atoms with E-state index in [1.165, 1.54) is 6.92 Å². The van der Waals surface area contributed by atoms with Gasteiger partial charge in [0.1, 0.15) is 11.6 Å². The molecule has 4 rings (SSSR count). The second-order valence-electron chi connectivity index (χ2n) is 6.08. The zero-order valence-corrected chi connectivity index (χ0v) is 14.4. The van der Waals surface area contributed by atoms with Crippen molar-refractivity contribution in [2.75, 3.05) is 4.90 Å². The molecule has 0 radical (unpaired) electrons. The van der Waals surface area contributed by atoms with Crippen molar-refractivity contribution in [1.82, 2.24) is 0 Å². The molecular formula is C19H13ClN2O4. The number of fused-ring (bicyclic) bond motifs is 1. The molecule has 0 saturated carbocycles. The number of imide groups is 1. The summed E-state index contributed by atoms with van der Waals surface area (Å²) >= 11 is 6.20. The molecule has 2 aromatic carbocycles. The van der Waals surface area contributed by atoms with Gasteiger partial charge in [0.25, 0.3) is 5.91 Å². The van der Waals surface area contributed by atoms with Gasteiger partial charge in [0.15, 0.2) is 5.78 Å². The van der Waals surface area contributed by atoms with Crippen LogP contribution in [0.25, 0.3) is 0 Å². The molecule has 0 aliphatic carbocycles. The molecule has 2 heterocycles. The van der Waals surface area contributed by atoms with Crippen LogP contribution in [0.4, 0.5) is 5.69 Å². The van der Waals surface area contributed by atoms with Crippen LogP contribution >= 0.6 is 11.6 Å². The van der Waals surface area contributed by atoms with E-state index < -0.39 is 23.8 Å². The predicted octanol–water partition coefficient (Wildman–Crippen LogP) is 2.84. The Morgan fingerprint density at radius 3 is 2.42 bits per heavy atom. The summed E-state index contributed by atoms with van der Waals surface area (Å²) in [4.78, 5) is 43.4. The van der Waals surface area contributed by atoms with Gasteiger partial charge in [-0.2, -0.15) is 0 Å². The summed E-state index contributed by atoms with van der Waals surface area (Å²) in [6, 6.07) is 13.3. The summed E-state index contributed by atoms with van der Waals surface area (Å²) in [5, 5.41) is 4.37.